The standard InChI is InChI=1S/C10H19N3O3Si/c1-15-10(14)9-12-11-7-13(9)8-16-5-6-17(2,3)4/h7H,5-6,8H2,1-4H3. The van der Waals surface area contributed by atoms with Crippen LogP contribution in [0.5, 0.6) is 0 Å². The van der Waals surface area contributed by atoms with E-state index in [4.69, 9.17) is 4.74 Å². The Bertz CT molecular complexity index is 373. The third-order valence-corrected chi connectivity index (χ3v) is 3.91. The molecule has 7 heteroatoms. The molecule has 0 atom stereocenters. The van der Waals surface area contributed by atoms with Crippen LogP contribution >= 0.6 is 0 Å². The second-order valence-corrected chi connectivity index (χ2v) is 10.6. The first-order chi connectivity index (χ1) is 7.94. The van der Waals surface area contributed by atoms with E-state index in [0.29, 0.717) is 6.61 Å². The van der Waals surface area contributed by atoms with Gasteiger partial charge in [0.1, 0.15) is 13.1 Å². The molecule has 0 fully saturated rings. The molecule has 17 heavy (non-hydrogen) atoms. The lowest BCUT2D eigenvalue weighted by Gasteiger charge is -2.15. The molecule has 96 valence electrons. The molecule has 1 aromatic rings. The summed E-state index contributed by atoms with van der Waals surface area (Å²) in [7, 11) is 0.234. The maximum atomic E-state index is 11.3. The average Bonchev–Trinajstić information content (AvgIpc) is 2.70. The fraction of sp³-hybridized carbons (Fsp3) is 0.700. The molecule has 0 aromatic carbocycles. The zero-order valence-corrected chi connectivity index (χ0v) is 11.8. The van der Waals surface area contributed by atoms with Crippen molar-refractivity contribution in [2.24, 2.45) is 0 Å². The van der Waals surface area contributed by atoms with Gasteiger partial charge in [-0.05, 0) is 6.04 Å². The summed E-state index contributed by atoms with van der Waals surface area (Å²) in [4.78, 5) is 11.3. The Balaban J connectivity index is 2.42. The molecule has 0 amide bonds. The van der Waals surface area contributed by atoms with E-state index in [0.717, 1.165) is 6.04 Å². The van der Waals surface area contributed by atoms with Crippen molar-refractivity contribution < 1.29 is 14.3 Å². The van der Waals surface area contributed by atoms with Crippen LogP contribution in [0.1, 0.15) is 10.6 Å². The first kappa shape index (κ1) is 13.9. The quantitative estimate of drug-likeness (QED) is 0.437. The van der Waals surface area contributed by atoms with E-state index in [2.05, 4.69) is 34.6 Å². The van der Waals surface area contributed by atoms with Gasteiger partial charge < -0.3 is 9.47 Å². The minimum Gasteiger partial charge on any atom is -0.463 e. The lowest BCUT2D eigenvalue weighted by molar-refractivity contribution is 0.0531. The molecule has 0 aliphatic rings. The molecule has 6 nitrogen and oxygen atoms in total. The highest BCUT2D eigenvalue weighted by atomic mass is 28.3. The Labute approximate surface area is 102 Å². The minimum atomic E-state index is -1.08. The van der Waals surface area contributed by atoms with Gasteiger partial charge in [0.25, 0.3) is 0 Å². The Kier molecular flexibility index (Phi) is 4.82. The van der Waals surface area contributed by atoms with Crippen LogP contribution in [0.2, 0.25) is 25.7 Å². The van der Waals surface area contributed by atoms with Crippen LogP contribution in [0.4, 0.5) is 0 Å². The number of carbonyl (C=O) groups excluding carboxylic acids is 1. The Morgan fingerprint density at radius 3 is 2.76 bits per heavy atom. The summed E-state index contributed by atoms with van der Waals surface area (Å²) in [6, 6.07) is 1.09. The number of nitrogens with zero attached hydrogens (tertiary/aromatic N) is 3. The van der Waals surface area contributed by atoms with Gasteiger partial charge in [0.15, 0.2) is 0 Å². The maximum Gasteiger partial charge on any atom is 0.376 e. The summed E-state index contributed by atoms with van der Waals surface area (Å²) in [6.45, 7) is 7.83. The molecule has 0 aliphatic heterocycles. The van der Waals surface area contributed by atoms with Crippen molar-refractivity contribution in [3.05, 3.63) is 12.2 Å². The van der Waals surface area contributed by atoms with Crippen molar-refractivity contribution in [1.29, 1.82) is 0 Å². The highest BCUT2D eigenvalue weighted by Crippen LogP contribution is 2.08. The van der Waals surface area contributed by atoms with Gasteiger partial charge in [-0.3, -0.25) is 4.57 Å². The van der Waals surface area contributed by atoms with Crippen LogP contribution in [0.15, 0.2) is 6.33 Å². The molecule has 1 heterocycles. The van der Waals surface area contributed by atoms with E-state index in [-0.39, 0.29) is 12.6 Å². The SMILES string of the molecule is COC(=O)c1nncn1COCC[Si](C)(C)C. The predicted molar refractivity (Wildman–Crippen MR) is 65.5 cm³/mol. The molecular formula is C10H19N3O3Si. The number of carbonyl (C=O) groups is 1. The lowest BCUT2D eigenvalue weighted by Crippen LogP contribution is -2.22. The zero-order valence-electron chi connectivity index (χ0n) is 10.8. The molecule has 0 unspecified atom stereocenters. The number of rotatable bonds is 6. The third kappa shape index (κ3) is 4.66. The van der Waals surface area contributed by atoms with Crippen molar-refractivity contribution in [3.63, 3.8) is 0 Å². The monoisotopic (exact) mass is 257 g/mol. The lowest BCUT2D eigenvalue weighted by atomic mass is 10.6. The van der Waals surface area contributed by atoms with E-state index in [1.807, 2.05) is 0 Å². The predicted octanol–water partition coefficient (Wildman–Crippen LogP) is 1.38. The van der Waals surface area contributed by atoms with Gasteiger partial charge in [0.05, 0.1) is 7.11 Å². The summed E-state index contributed by atoms with van der Waals surface area (Å²) in [5, 5.41) is 7.34. The molecule has 0 aliphatic carbocycles. The van der Waals surface area contributed by atoms with Gasteiger partial charge in [-0.15, -0.1) is 10.2 Å². The molecule has 0 radical (unpaired) electrons. The van der Waals surface area contributed by atoms with Gasteiger partial charge in [0.2, 0.25) is 5.82 Å². The van der Waals surface area contributed by atoms with E-state index < -0.39 is 14.0 Å². The second kappa shape index (κ2) is 5.92. The highest BCUT2D eigenvalue weighted by molar-refractivity contribution is 6.76. The zero-order chi connectivity index (χ0) is 12.9. The van der Waals surface area contributed by atoms with Crippen molar-refractivity contribution in [2.75, 3.05) is 13.7 Å². The van der Waals surface area contributed by atoms with Gasteiger partial charge >= 0.3 is 5.97 Å². The van der Waals surface area contributed by atoms with Crippen molar-refractivity contribution in [2.45, 2.75) is 32.4 Å². The van der Waals surface area contributed by atoms with Gasteiger partial charge in [0, 0.05) is 14.7 Å². The van der Waals surface area contributed by atoms with Crippen LogP contribution in [0.3, 0.4) is 0 Å². The summed E-state index contributed by atoms with van der Waals surface area (Å²) in [5.74, 6) is -0.336. The summed E-state index contributed by atoms with van der Waals surface area (Å²) in [6.07, 6.45) is 1.46. The molecule has 0 spiro atoms. The van der Waals surface area contributed by atoms with Crippen molar-refractivity contribution in [3.8, 4) is 0 Å². The second-order valence-electron chi connectivity index (χ2n) is 4.96. The maximum absolute atomic E-state index is 11.3. The Morgan fingerprint density at radius 1 is 1.47 bits per heavy atom. The minimum absolute atomic E-state index is 0.167. The highest BCUT2D eigenvalue weighted by Gasteiger charge is 2.15. The van der Waals surface area contributed by atoms with E-state index in [1.54, 1.807) is 0 Å². The van der Waals surface area contributed by atoms with Crippen molar-refractivity contribution in [1.82, 2.24) is 14.8 Å². The number of methoxy groups -OCH3 is 1. The smallest absolute Gasteiger partial charge is 0.376 e. The first-order valence-corrected chi connectivity index (χ1v) is 9.18. The molecule has 0 bridgehead atoms. The molecule has 0 N–H and O–H groups in total. The van der Waals surface area contributed by atoms with Gasteiger partial charge in [-0.2, -0.15) is 0 Å². The number of esters is 1. The fourth-order valence-corrected chi connectivity index (χ4v) is 1.90. The summed E-state index contributed by atoms with van der Waals surface area (Å²) < 4.78 is 11.6. The molecule has 0 saturated carbocycles. The van der Waals surface area contributed by atoms with Crippen molar-refractivity contribution >= 4 is 14.0 Å². The number of aromatic nitrogens is 3. The van der Waals surface area contributed by atoms with Crippen LogP contribution in [-0.4, -0.2) is 42.5 Å². The van der Waals surface area contributed by atoms with E-state index in [1.165, 1.54) is 18.0 Å². The summed E-state index contributed by atoms with van der Waals surface area (Å²) >= 11 is 0. The van der Waals surface area contributed by atoms with Crippen LogP contribution in [-0.2, 0) is 16.2 Å². The van der Waals surface area contributed by atoms with Crippen LogP contribution in [0, 0.1) is 0 Å². The number of ether oxygens (including phenoxy) is 2. The van der Waals surface area contributed by atoms with Crippen LogP contribution in [0.25, 0.3) is 0 Å². The molecule has 0 saturated heterocycles. The van der Waals surface area contributed by atoms with Gasteiger partial charge in [-0.1, -0.05) is 19.6 Å². The van der Waals surface area contributed by atoms with E-state index >= 15 is 0 Å². The Morgan fingerprint density at radius 2 is 2.18 bits per heavy atom. The molecular weight excluding hydrogens is 238 g/mol. The largest absolute Gasteiger partial charge is 0.463 e. The topological polar surface area (TPSA) is 66.2 Å². The molecule has 1 aromatic heterocycles. The summed E-state index contributed by atoms with van der Waals surface area (Å²) in [5.41, 5.74) is 0. The van der Waals surface area contributed by atoms with E-state index in [9.17, 15) is 4.79 Å². The van der Waals surface area contributed by atoms with Gasteiger partial charge in [-0.25, -0.2) is 4.79 Å². The first-order valence-electron chi connectivity index (χ1n) is 5.48. The number of hydrogen-bond donors (Lipinski definition) is 0. The number of hydrogen-bond acceptors (Lipinski definition) is 5. The van der Waals surface area contributed by atoms with Crippen LogP contribution < -0.4 is 0 Å². The third-order valence-electron chi connectivity index (χ3n) is 2.21. The normalized spacial score (nSPS) is 11.5. The molecule has 1 rings (SSSR count). The fourth-order valence-electron chi connectivity index (χ4n) is 1.14. The average molecular weight is 257 g/mol. The Hall–Kier alpha value is -1.21.